The average Bonchev–Trinajstić information content (AvgIpc) is 0.843. The van der Waals surface area contributed by atoms with Gasteiger partial charge in [0.25, 0.3) is 0 Å². The van der Waals surface area contributed by atoms with Gasteiger partial charge in [-0.2, -0.15) is 0 Å². The minimum atomic E-state index is -1.99. The van der Waals surface area contributed by atoms with Gasteiger partial charge in [-0.15, -0.1) is 0 Å². The van der Waals surface area contributed by atoms with E-state index in [9.17, 15) is 33.9 Å². The van der Waals surface area contributed by atoms with Crippen LogP contribution in [0, 0.1) is 50.2 Å². The van der Waals surface area contributed by atoms with Crippen LogP contribution in [0.2, 0.25) is 0 Å². The molecule has 1 aromatic carbocycles. The zero-order valence-electron chi connectivity index (χ0n) is 83.0. The third kappa shape index (κ3) is 47.0. The quantitative estimate of drug-likeness (QED) is 0.0138. The molecule has 147 heavy (non-hydrogen) atoms. The summed E-state index contributed by atoms with van der Waals surface area (Å²) in [5.41, 5.74) is 34.2. The van der Waals surface area contributed by atoms with Crippen LogP contribution in [0.5, 0.6) is 0 Å². The van der Waals surface area contributed by atoms with Crippen LogP contribution in [0.15, 0.2) is 30.3 Å². The number of fused-ring (bicyclic) bond motifs is 15. The number of carbonyl (C=O) groups excluding carboxylic acids is 18. The Hall–Kier alpha value is -12.6. The lowest BCUT2D eigenvalue weighted by Crippen LogP contribution is -2.63. The number of aliphatic hydroxyl groups excluding tert-OH is 1. The van der Waals surface area contributed by atoms with E-state index in [1.807, 2.05) is 0 Å². The highest BCUT2D eigenvalue weighted by Gasteiger charge is 2.43. The van der Waals surface area contributed by atoms with Crippen molar-refractivity contribution in [2.45, 2.75) is 254 Å². The van der Waals surface area contributed by atoms with Gasteiger partial charge in [0.2, 0.25) is 106 Å². The van der Waals surface area contributed by atoms with E-state index < -0.39 is 310 Å². The number of hydrogen-bond donors (Lipinski definition) is 37. The van der Waals surface area contributed by atoms with Crippen LogP contribution < -0.4 is 162 Å². The Labute approximate surface area is 875 Å². The van der Waals surface area contributed by atoms with Gasteiger partial charge in [0.15, 0.2) is 35.8 Å². The van der Waals surface area contributed by atoms with E-state index in [1.165, 1.54) is 0 Å². The normalized spacial score (nSPS) is 25.8. The number of carbonyl (C=O) groups is 18. The molecule has 4 aliphatic heterocycles. The number of nitrogens with one attached hydrogen (secondary N) is 30. The highest BCUT2D eigenvalue weighted by molar-refractivity contribution is 8.77. The van der Waals surface area contributed by atoms with Crippen LogP contribution in [0.4, 0.5) is 0 Å². The molecule has 4 saturated heterocycles. The Morgan fingerprint density at radius 1 is 0.313 bits per heavy atom. The average molecular weight is 2180 g/mol. The lowest BCUT2D eigenvalue weighted by atomic mass is 9.97. The molecular formula is C86H146N36O19S6. The Bertz CT molecular complexity index is 4720. The van der Waals surface area contributed by atoms with Gasteiger partial charge in [0, 0.05) is 80.2 Å². The zero-order chi connectivity index (χ0) is 109. The maximum Gasteiger partial charge on any atom is 0.245 e. The molecule has 0 unspecified atom stereocenters. The van der Waals surface area contributed by atoms with Gasteiger partial charge in [0.1, 0.15) is 103 Å². The van der Waals surface area contributed by atoms with Crippen molar-refractivity contribution >= 4 is 207 Å². The standard InChI is InChI=1S/C86H146N36O19S6/c1-8-43(6)62-79(140)119-59-40-147-143-36-55(117-71(132)53(33-45-18-10-9-11-19-45)113-67(128)48(22-14-28-101-83(91)92)107-66(127)51(25-17-31-104-86(97)98)111-80(141)63(44(7)123)122-77(59)138)73(134)109-49(23-15-29-102-84(93)94)68(129)114-56-37-144-146-39-58(76(137)121-62)115-69(130)50(24-16-30-103-85(95)96)110-74(135)57-38-145-142-35-54(116-70(131)52(32-41(2)3)112-75(56)136)72(133)108-47(21-13-27-100-82(89)90)65(126)106-46(20-12-26-99-81(87)88)64(125)105-34-60(124)120-61(42(4)5)78(139)118-57/h9-11,18-19,41-44,46-59,61-63,123H,8,12-17,20-40H2,1-7H3,(H,105,125)(H,106,126)(H,107,127)(H,108,133)(H,109,134)(H,110,135)(H,111,141)(H,112,136)(H,113,128)(H,114,129)(H,115,130)(H,116,131)(H,117,132)(H,118,139)(H,119,140)(H,120,124)(H,121,137)(H,122,138)(H4,87,88,99)(H4,89,90,100)(H4,91,92,101)(H4,93,94,102)(H4,95,96,103)(H4,97,98,104)/t43-,44+,46-,47-,48-,49-,50-,51-,52-,53-,54-,55-,56-,57-,58-,59-,61-,62-,63-/m0/s1. The third-order valence-corrected chi connectivity index (χ3v) is 30.2. The molecule has 0 saturated carbocycles. The second kappa shape index (κ2) is 65.9. The van der Waals surface area contributed by atoms with Gasteiger partial charge >= 0.3 is 0 Å². The van der Waals surface area contributed by atoms with Crippen molar-refractivity contribution in [3.05, 3.63) is 35.9 Å². The molecular weight excluding hydrogens is 2030 g/mol. The molecule has 4 aliphatic rings. The molecule has 55 nitrogen and oxygen atoms in total. The van der Waals surface area contributed by atoms with E-state index >= 15 is 57.5 Å². The fourth-order valence-corrected chi connectivity index (χ4v) is 21.8. The van der Waals surface area contributed by atoms with Crippen molar-refractivity contribution in [1.82, 2.24) is 128 Å². The van der Waals surface area contributed by atoms with Crippen molar-refractivity contribution in [3.8, 4) is 0 Å². The first-order valence-electron chi connectivity index (χ1n) is 48.0. The number of aliphatic hydroxyl groups is 1. The van der Waals surface area contributed by atoms with Crippen molar-refractivity contribution in [3.63, 3.8) is 0 Å². The molecule has 820 valence electrons. The van der Waals surface area contributed by atoms with Crippen LogP contribution in [0.1, 0.15) is 144 Å². The molecule has 18 amide bonds. The molecule has 61 heteroatoms. The van der Waals surface area contributed by atoms with Crippen LogP contribution in [0.25, 0.3) is 0 Å². The van der Waals surface area contributed by atoms with Crippen LogP contribution in [0.3, 0.4) is 0 Å². The summed E-state index contributed by atoms with van der Waals surface area (Å²) in [5, 5.41) is 122. The van der Waals surface area contributed by atoms with E-state index in [-0.39, 0.29) is 136 Å². The number of benzene rings is 1. The van der Waals surface area contributed by atoms with Gasteiger partial charge in [-0.3, -0.25) is 119 Å². The molecule has 1 aromatic rings. The van der Waals surface area contributed by atoms with Crippen molar-refractivity contribution < 1.29 is 91.4 Å². The summed E-state index contributed by atoms with van der Waals surface area (Å²) < 4.78 is 0. The van der Waals surface area contributed by atoms with Gasteiger partial charge in [-0.1, -0.05) is 143 Å². The van der Waals surface area contributed by atoms with Gasteiger partial charge in [-0.05, 0) is 114 Å². The first-order valence-corrected chi connectivity index (χ1v) is 55.5. The maximum absolute atomic E-state index is 15.8. The number of nitrogens with two attached hydrogens (primary N) is 6. The smallest absolute Gasteiger partial charge is 0.245 e. The second-order valence-corrected chi connectivity index (χ2v) is 43.5. The monoisotopic (exact) mass is 2180 g/mol. The van der Waals surface area contributed by atoms with Crippen molar-refractivity contribution in [2.75, 3.05) is 80.3 Å². The van der Waals surface area contributed by atoms with E-state index in [4.69, 9.17) is 66.9 Å². The lowest BCUT2D eigenvalue weighted by molar-refractivity contribution is -0.137. The molecule has 5 rings (SSSR count). The summed E-state index contributed by atoms with van der Waals surface area (Å²) >= 11 is 0. The molecule has 0 aromatic heterocycles. The van der Waals surface area contributed by atoms with E-state index in [0.717, 1.165) is 71.7 Å². The number of amides is 18. The van der Waals surface area contributed by atoms with Crippen molar-refractivity contribution in [1.29, 1.82) is 32.5 Å². The summed E-state index contributed by atoms with van der Waals surface area (Å²) in [4.78, 5) is 275. The highest BCUT2D eigenvalue weighted by Crippen LogP contribution is 2.29. The number of hydrogen-bond acceptors (Lipinski definition) is 31. The van der Waals surface area contributed by atoms with Crippen LogP contribution in [-0.2, 0) is 92.7 Å². The van der Waals surface area contributed by atoms with Crippen molar-refractivity contribution in [2.24, 2.45) is 52.2 Å². The van der Waals surface area contributed by atoms with Crippen LogP contribution >= 0.6 is 64.8 Å². The van der Waals surface area contributed by atoms with E-state index in [1.54, 1.807) is 71.9 Å². The first-order chi connectivity index (χ1) is 69.6. The molecule has 43 N–H and O–H groups in total. The minimum Gasteiger partial charge on any atom is -0.391 e. The topological polar surface area (TPSA) is 915 Å². The molecule has 6 bridgehead atoms. The zero-order valence-corrected chi connectivity index (χ0v) is 87.9. The predicted molar refractivity (Wildman–Crippen MR) is 561 cm³/mol. The van der Waals surface area contributed by atoms with Gasteiger partial charge in [0.05, 0.1) is 12.6 Å². The Kier molecular flexibility index (Phi) is 55.9. The maximum atomic E-state index is 15.8. The fraction of sp³-hybridized carbons (Fsp3) is 0.651. The molecule has 0 aliphatic carbocycles. The summed E-state index contributed by atoms with van der Waals surface area (Å²) in [6, 6.07) is -21.0. The first kappa shape index (κ1) is 125. The predicted octanol–water partition coefficient (Wildman–Crippen LogP) is -9.51. The van der Waals surface area contributed by atoms with Gasteiger partial charge < -0.3 is 167 Å². The molecule has 4 heterocycles. The summed E-state index contributed by atoms with van der Waals surface area (Å²) in [6.07, 6.45) is -4.15. The highest BCUT2D eigenvalue weighted by atomic mass is 33.1. The lowest BCUT2D eigenvalue weighted by Gasteiger charge is -2.31. The van der Waals surface area contributed by atoms with Gasteiger partial charge in [-0.25, -0.2) is 0 Å². The third-order valence-electron chi connectivity index (χ3n) is 23.0. The summed E-state index contributed by atoms with van der Waals surface area (Å²) in [7, 11) is 4.77. The number of rotatable bonds is 32. The molecule has 19 atom stereocenters. The van der Waals surface area contributed by atoms with E-state index in [2.05, 4.69) is 128 Å². The Balaban J connectivity index is 1.90. The Morgan fingerprint density at radius 3 is 0.857 bits per heavy atom. The molecule has 0 radical (unpaired) electrons. The summed E-state index contributed by atoms with van der Waals surface area (Å²) in [6.45, 7) is 9.54. The minimum absolute atomic E-state index is 0.000573. The fourth-order valence-electron chi connectivity index (χ4n) is 14.8. The summed E-state index contributed by atoms with van der Waals surface area (Å²) in [5.74, 6) is -27.4. The number of guanidine groups is 6. The van der Waals surface area contributed by atoms with Crippen LogP contribution in [-0.4, -0.2) is 336 Å². The molecule has 4 fully saturated rings. The molecule has 0 spiro atoms. The second-order valence-electron chi connectivity index (χ2n) is 35.9. The SMILES string of the molecule is CC[C@H](C)[C@@H]1NC(=O)[C@@H]2CSSC[C@H](NC(=O)[C@H](CCCNC(=N)N)NC(=O)[C@@H]3CSSC[C@H](NC1=O)C(=O)N[C@@H]([C@@H](C)O)C(=O)N[C@@H](CCCNC(=N)N)C(=O)N[C@@H](CCCNC(=N)N)C(=O)N[C@@H](Cc1ccccc1)C(=O)N3)C(=O)N[C@@H](CC(C)C)C(=O)N[C@H]1CSSC[C@H](NC(=O)[C@H](C(C)C)NC(=O)CNC(=O)[C@H](CCCNC(=N)N)NC(=O)[C@H](CCCNC(=N)N)NC1=O)C(=O)N[C@@H](CCCNC(=N)N)C(=O)N2. The van der Waals surface area contributed by atoms with E-state index in [0.29, 0.717) is 5.56 Å². The Morgan fingerprint density at radius 2 is 0.558 bits per heavy atom. The largest absolute Gasteiger partial charge is 0.391 e.